The molecule has 0 saturated heterocycles. The Hall–Kier alpha value is -0.960. The Morgan fingerprint density at radius 3 is 2.43 bits per heavy atom. The van der Waals surface area contributed by atoms with E-state index >= 15 is 0 Å². The van der Waals surface area contributed by atoms with Gasteiger partial charge in [-0.1, -0.05) is 6.07 Å². The van der Waals surface area contributed by atoms with Crippen molar-refractivity contribution < 1.29 is 12.8 Å². The fourth-order valence-electron chi connectivity index (χ4n) is 1.66. The van der Waals surface area contributed by atoms with E-state index in [-0.39, 0.29) is 17.1 Å². The van der Waals surface area contributed by atoms with Crippen LogP contribution in [0.3, 0.4) is 0 Å². The molecule has 0 heterocycles. The smallest absolute Gasteiger partial charge is 0.263 e. The van der Waals surface area contributed by atoms with Crippen LogP contribution in [0.25, 0.3) is 0 Å². The third kappa shape index (κ3) is 3.82. The molecule has 0 fully saturated rings. The summed E-state index contributed by atoms with van der Waals surface area (Å²) in [5.41, 5.74) is 6.32. The van der Waals surface area contributed by atoms with Gasteiger partial charge in [0.2, 0.25) is 0 Å². The minimum Gasteiger partial charge on any atom is -0.326 e. The molecule has 8 heteroatoms. The lowest BCUT2D eigenvalue weighted by atomic mass is 10.2. The Kier molecular flexibility index (Phi) is 5.03. The number of halogens is 3. The predicted molar refractivity (Wildman–Crippen MR) is 86.9 cm³/mol. The maximum atomic E-state index is 13.2. The number of nitrogens with two attached hydrogens (primary N) is 1. The van der Waals surface area contributed by atoms with Crippen molar-refractivity contribution in [2.45, 2.75) is 11.4 Å². The van der Waals surface area contributed by atoms with Crippen molar-refractivity contribution >= 4 is 47.6 Å². The van der Waals surface area contributed by atoms with Crippen LogP contribution in [0.1, 0.15) is 5.56 Å². The molecule has 3 N–H and O–H groups in total. The van der Waals surface area contributed by atoms with E-state index in [1.807, 2.05) is 0 Å². The van der Waals surface area contributed by atoms with E-state index in [2.05, 4.69) is 36.6 Å². The number of nitrogens with one attached hydrogen (secondary N) is 1. The summed E-state index contributed by atoms with van der Waals surface area (Å²) in [7, 11) is -3.86. The molecule has 0 amide bonds. The molecular weight excluding hydrogens is 427 g/mol. The molecule has 0 aromatic heterocycles. The lowest BCUT2D eigenvalue weighted by molar-refractivity contribution is 0.600. The SMILES string of the molecule is NCc1ccc(Br)c(S(=O)(=O)Nc2cc(F)ccc2Br)c1. The van der Waals surface area contributed by atoms with Crippen molar-refractivity contribution in [2.24, 2.45) is 5.73 Å². The topological polar surface area (TPSA) is 72.2 Å². The summed E-state index contributed by atoms with van der Waals surface area (Å²) in [5.74, 6) is -0.536. The Morgan fingerprint density at radius 2 is 1.76 bits per heavy atom. The van der Waals surface area contributed by atoms with E-state index < -0.39 is 15.8 Å². The number of benzene rings is 2. The molecule has 112 valence electrons. The van der Waals surface area contributed by atoms with E-state index in [0.29, 0.717) is 14.5 Å². The number of hydrogen-bond acceptors (Lipinski definition) is 3. The quantitative estimate of drug-likeness (QED) is 0.767. The number of anilines is 1. The Balaban J connectivity index is 2.45. The molecule has 0 bridgehead atoms. The summed E-state index contributed by atoms with van der Waals surface area (Å²) in [5, 5.41) is 0. The molecular formula is C13H11Br2FN2O2S. The van der Waals surface area contributed by atoms with Crippen LogP contribution in [0.4, 0.5) is 10.1 Å². The third-order valence-corrected chi connectivity index (χ3v) is 5.74. The number of hydrogen-bond donors (Lipinski definition) is 2. The van der Waals surface area contributed by atoms with Gasteiger partial charge in [-0.25, -0.2) is 12.8 Å². The largest absolute Gasteiger partial charge is 0.326 e. The summed E-state index contributed by atoms with van der Waals surface area (Å²) < 4.78 is 41.3. The first-order valence-corrected chi connectivity index (χ1v) is 8.87. The molecule has 2 aromatic carbocycles. The monoisotopic (exact) mass is 436 g/mol. The third-order valence-electron chi connectivity index (χ3n) is 2.69. The minimum absolute atomic E-state index is 0.0432. The van der Waals surface area contributed by atoms with Crippen LogP contribution in [0.5, 0.6) is 0 Å². The fraction of sp³-hybridized carbons (Fsp3) is 0.0769. The molecule has 0 atom stereocenters. The minimum atomic E-state index is -3.86. The zero-order valence-corrected chi connectivity index (χ0v) is 14.6. The van der Waals surface area contributed by atoms with Crippen molar-refractivity contribution in [3.63, 3.8) is 0 Å². The van der Waals surface area contributed by atoms with Crippen LogP contribution in [0.2, 0.25) is 0 Å². The second-order valence-electron chi connectivity index (χ2n) is 4.20. The van der Waals surface area contributed by atoms with E-state index in [9.17, 15) is 12.8 Å². The van der Waals surface area contributed by atoms with E-state index in [1.54, 1.807) is 12.1 Å². The molecule has 0 aliphatic carbocycles. The van der Waals surface area contributed by atoms with Gasteiger partial charge in [0, 0.05) is 15.5 Å². The van der Waals surface area contributed by atoms with Crippen molar-refractivity contribution in [1.29, 1.82) is 0 Å². The highest BCUT2D eigenvalue weighted by molar-refractivity contribution is 9.11. The lowest BCUT2D eigenvalue weighted by Gasteiger charge is -2.12. The standard InChI is InChI=1S/C13H11Br2FN2O2S/c14-10-4-2-9(16)6-12(10)18-21(19,20)13-5-8(7-17)1-3-11(13)15/h1-6,18H,7,17H2. The van der Waals surface area contributed by atoms with Gasteiger partial charge in [-0.2, -0.15) is 0 Å². The van der Waals surface area contributed by atoms with Crippen LogP contribution in [-0.4, -0.2) is 8.42 Å². The zero-order valence-electron chi connectivity index (χ0n) is 10.6. The first kappa shape index (κ1) is 16.4. The molecule has 0 aliphatic rings. The maximum absolute atomic E-state index is 13.2. The molecule has 0 saturated carbocycles. The van der Waals surface area contributed by atoms with Gasteiger partial charge in [0.25, 0.3) is 10.0 Å². The fourth-order valence-corrected chi connectivity index (χ4v) is 4.22. The van der Waals surface area contributed by atoms with E-state index in [1.165, 1.54) is 18.2 Å². The van der Waals surface area contributed by atoms with Gasteiger partial charge in [0.1, 0.15) is 10.7 Å². The van der Waals surface area contributed by atoms with Gasteiger partial charge < -0.3 is 5.73 Å². The summed E-state index contributed by atoms with van der Waals surface area (Å²) in [6.45, 7) is 0.222. The van der Waals surface area contributed by atoms with Crippen LogP contribution >= 0.6 is 31.9 Å². The molecule has 4 nitrogen and oxygen atoms in total. The maximum Gasteiger partial charge on any atom is 0.263 e. The average Bonchev–Trinajstić information content (AvgIpc) is 2.43. The lowest BCUT2D eigenvalue weighted by Crippen LogP contribution is -2.15. The van der Waals surface area contributed by atoms with Crippen molar-refractivity contribution in [1.82, 2.24) is 0 Å². The second-order valence-corrected chi connectivity index (χ2v) is 7.56. The van der Waals surface area contributed by atoms with Gasteiger partial charge in [-0.05, 0) is 67.8 Å². The highest BCUT2D eigenvalue weighted by Crippen LogP contribution is 2.29. The summed E-state index contributed by atoms with van der Waals surface area (Å²) in [6, 6.07) is 8.56. The molecule has 0 aliphatic heterocycles. The van der Waals surface area contributed by atoms with Crippen LogP contribution in [-0.2, 0) is 16.6 Å². The van der Waals surface area contributed by atoms with Gasteiger partial charge in [0.15, 0.2) is 0 Å². The summed E-state index contributed by atoms with van der Waals surface area (Å²) in [4.78, 5) is 0.0432. The van der Waals surface area contributed by atoms with E-state index in [4.69, 9.17) is 5.73 Å². The first-order valence-electron chi connectivity index (χ1n) is 5.80. The Bertz CT molecular complexity index is 782. The molecule has 0 radical (unpaired) electrons. The molecule has 2 rings (SSSR count). The normalized spacial score (nSPS) is 11.4. The van der Waals surface area contributed by atoms with E-state index in [0.717, 1.165) is 6.07 Å². The van der Waals surface area contributed by atoms with Crippen molar-refractivity contribution in [3.05, 3.63) is 56.7 Å². The van der Waals surface area contributed by atoms with Crippen molar-refractivity contribution in [2.75, 3.05) is 4.72 Å². The molecule has 0 spiro atoms. The first-order chi connectivity index (χ1) is 9.83. The van der Waals surface area contributed by atoms with Crippen LogP contribution in [0.15, 0.2) is 50.2 Å². The van der Waals surface area contributed by atoms with Gasteiger partial charge in [-0.15, -0.1) is 0 Å². The van der Waals surface area contributed by atoms with Crippen molar-refractivity contribution in [3.8, 4) is 0 Å². The number of rotatable bonds is 4. The number of sulfonamides is 1. The van der Waals surface area contributed by atoms with Gasteiger partial charge in [-0.3, -0.25) is 4.72 Å². The van der Waals surface area contributed by atoms with Gasteiger partial charge in [0.05, 0.1) is 5.69 Å². The predicted octanol–water partition coefficient (Wildman–Crippen LogP) is 3.61. The van der Waals surface area contributed by atoms with Crippen LogP contribution in [0, 0.1) is 5.82 Å². The van der Waals surface area contributed by atoms with Gasteiger partial charge >= 0.3 is 0 Å². The average molecular weight is 438 g/mol. The highest BCUT2D eigenvalue weighted by Gasteiger charge is 2.19. The highest BCUT2D eigenvalue weighted by atomic mass is 79.9. The molecule has 2 aromatic rings. The Morgan fingerprint density at radius 1 is 1.10 bits per heavy atom. The van der Waals surface area contributed by atoms with Crippen LogP contribution < -0.4 is 10.5 Å². The zero-order chi connectivity index (χ0) is 15.6. The second kappa shape index (κ2) is 6.43. The summed E-state index contributed by atoms with van der Waals surface area (Å²) in [6.07, 6.45) is 0. The molecule has 0 unspecified atom stereocenters. The Labute approximate surface area is 138 Å². The molecule has 21 heavy (non-hydrogen) atoms. The summed E-state index contributed by atoms with van der Waals surface area (Å²) >= 11 is 6.37.